The number of carbonyl (C=O) groups excluding carboxylic acids is 2. The molecule has 25 heavy (non-hydrogen) atoms. The lowest BCUT2D eigenvalue weighted by Crippen LogP contribution is -2.29. The van der Waals surface area contributed by atoms with Gasteiger partial charge < -0.3 is 5.11 Å². The average Bonchev–Trinajstić information content (AvgIpc) is 2.33. The van der Waals surface area contributed by atoms with E-state index >= 15 is 0 Å². The number of hydrogen-bond acceptors (Lipinski definition) is 5. The maximum Gasteiger partial charge on any atom is 0.166 e. The number of Topliss-reactive ketones (excluding diaryl/α,β-unsaturated/α-hetero) is 1. The van der Waals surface area contributed by atoms with Crippen LogP contribution in [-0.4, -0.2) is 42.2 Å². The van der Waals surface area contributed by atoms with Gasteiger partial charge in [-0.05, 0) is 33.8 Å². The Morgan fingerprint density at radius 3 is 1.20 bits per heavy atom. The highest BCUT2D eigenvalue weighted by Crippen LogP contribution is 2.16. The summed E-state index contributed by atoms with van der Waals surface area (Å²) in [6.45, 7) is 20.9. The summed E-state index contributed by atoms with van der Waals surface area (Å²) in [5.41, 5.74) is -0.657. The van der Waals surface area contributed by atoms with Crippen molar-refractivity contribution >= 4 is 21.4 Å². The molecule has 1 N–H and O–H groups in total. The normalized spacial score (nSPS) is 13.4. The van der Waals surface area contributed by atoms with Gasteiger partial charge in [-0.1, -0.05) is 48.1 Å². The van der Waals surface area contributed by atoms with E-state index in [-0.39, 0.29) is 17.0 Å². The highest BCUT2D eigenvalue weighted by Gasteiger charge is 2.24. The van der Waals surface area contributed by atoms with Crippen LogP contribution in [0.25, 0.3) is 0 Å². The second-order valence-corrected chi connectivity index (χ2v) is 11.8. The number of carbonyl (C=O) groups is 2. The number of rotatable bonds is 2. The molecule has 0 amide bonds. The Kier molecular flexibility index (Phi) is 11.8. The Bertz CT molecular complexity index is 536. The van der Waals surface area contributed by atoms with E-state index in [1.807, 2.05) is 20.8 Å². The van der Waals surface area contributed by atoms with Gasteiger partial charge in [0.1, 0.15) is 6.10 Å². The third-order valence-corrected chi connectivity index (χ3v) is 5.38. The molecule has 0 radical (unpaired) electrons. The number of allylic oxidation sites excluding steroid dienone is 1. The van der Waals surface area contributed by atoms with Gasteiger partial charge in [-0.15, -0.1) is 0 Å². The minimum atomic E-state index is -2.84. The van der Waals surface area contributed by atoms with Gasteiger partial charge in [0.25, 0.3) is 0 Å². The lowest BCUT2D eigenvalue weighted by molar-refractivity contribution is -0.133. The number of ketones is 2. The highest BCUT2D eigenvalue weighted by atomic mass is 32.2. The SMILES string of the molecule is C=CC(=O)C(C)(C)C.CC(C)(C)S(C)(=O)=O.CC(O)C(=O)C(C)(C)C. The topological polar surface area (TPSA) is 88.5 Å². The fourth-order valence-corrected chi connectivity index (χ4v) is 0.933. The molecular formula is C19H38O5S. The summed E-state index contributed by atoms with van der Waals surface area (Å²) in [4.78, 5) is 21.6. The lowest BCUT2D eigenvalue weighted by atomic mass is 9.88. The van der Waals surface area contributed by atoms with Crippen LogP contribution < -0.4 is 0 Å². The van der Waals surface area contributed by atoms with Crippen molar-refractivity contribution in [1.29, 1.82) is 0 Å². The molecule has 6 heteroatoms. The van der Waals surface area contributed by atoms with Gasteiger partial charge in [0.15, 0.2) is 21.4 Å². The van der Waals surface area contributed by atoms with Crippen molar-refractivity contribution in [3.63, 3.8) is 0 Å². The summed E-state index contributed by atoms with van der Waals surface area (Å²) in [6.07, 6.45) is 1.78. The van der Waals surface area contributed by atoms with Gasteiger partial charge in [0.2, 0.25) is 0 Å². The van der Waals surface area contributed by atoms with Gasteiger partial charge >= 0.3 is 0 Å². The van der Waals surface area contributed by atoms with E-state index in [9.17, 15) is 18.0 Å². The molecule has 0 aromatic rings. The van der Waals surface area contributed by atoms with E-state index in [2.05, 4.69) is 6.58 Å². The molecule has 150 valence electrons. The molecule has 0 heterocycles. The first-order valence-corrected chi connectivity index (χ1v) is 10.1. The Morgan fingerprint density at radius 2 is 1.20 bits per heavy atom. The largest absolute Gasteiger partial charge is 0.386 e. The van der Waals surface area contributed by atoms with Crippen LogP contribution in [0.2, 0.25) is 0 Å². The monoisotopic (exact) mass is 378 g/mol. The lowest BCUT2D eigenvalue weighted by Gasteiger charge is -2.17. The Hall–Kier alpha value is -1.01. The van der Waals surface area contributed by atoms with Crippen molar-refractivity contribution in [2.24, 2.45) is 10.8 Å². The summed E-state index contributed by atoms with van der Waals surface area (Å²) < 4.78 is 20.7. The molecule has 0 aliphatic carbocycles. The second kappa shape index (κ2) is 10.2. The first-order chi connectivity index (χ1) is 10.6. The summed E-state index contributed by atoms with van der Waals surface area (Å²) in [6, 6.07) is 0. The van der Waals surface area contributed by atoms with Crippen LogP contribution >= 0.6 is 0 Å². The Labute approximate surface area is 154 Å². The summed E-state index contributed by atoms with van der Waals surface area (Å²) in [5, 5.41) is 8.81. The first kappa shape index (κ1) is 28.8. The predicted molar refractivity (Wildman–Crippen MR) is 105 cm³/mol. The minimum Gasteiger partial charge on any atom is -0.386 e. The van der Waals surface area contributed by atoms with E-state index in [1.165, 1.54) is 19.3 Å². The van der Waals surface area contributed by atoms with Crippen LogP contribution in [0.4, 0.5) is 0 Å². The maximum atomic E-state index is 10.9. The van der Waals surface area contributed by atoms with Crippen molar-refractivity contribution in [3.05, 3.63) is 12.7 Å². The standard InChI is InChI=1S/C7H14O2.C7H12O.C5H12O2S/c1-5(8)6(9)7(2,3)4;1-5-6(8)7(2,3)4;1-5(2,3)8(4,6)7/h5,8H,1-4H3;5H,1H2,2-4H3;1-4H3. The van der Waals surface area contributed by atoms with Crippen molar-refractivity contribution in [2.75, 3.05) is 6.26 Å². The molecule has 0 saturated carbocycles. The maximum absolute atomic E-state index is 10.9. The molecule has 0 aliphatic heterocycles. The summed E-state index contributed by atoms with van der Waals surface area (Å²) in [7, 11) is -2.84. The molecule has 0 saturated heterocycles. The zero-order valence-corrected chi connectivity index (χ0v) is 18.7. The van der Waals surface area contributed by atoms with Crippen LogP contribution in [0.15, 0.2) is 12.7 Å². The first-order valence-electron chi connectivity index (χ1n) is 8.18. The second-order valence-electron chi connectivity index (χ2n) is 8.99. The van der Waals surface area contributed by atoms with E-state index in [1.54, 1.807) is 41.5 Å². The van der Waals surface area contributed by atoms with Crippen LogP contribution in [-0.2, 0) is 19.4 Å². The molecule has 0 aromatic carbocycles. The summed E-state index contributed by atoms with van der Waals surface area (Å²) >= 11 is 0. The van der Waals surface area contributed by atoms with Crippen molar-refractivity contribution in [1.82, 2.24) is 0 Å². The van der Waals surface area contributed by atoms with Gasteiger partial charge in [-0.3, -0.25) is 9.59 Å². The molecule has 1 atom stereocenters. The minimum absolute atomic E-state index is 0.0949. The number of aliphatic hydroxyl groups excluding tert-OH is 1. The number of aliphatic hydroxyl groups is 1. The molecular weight excluding hydrogens is 340 g/mol. The van der Waals surface area contributed by atoms with Crippen LogP contribution in [0.5, 0.6) is 0 Å². The van der Waals surface area contributed by atoms with Crippen LogP contribution in [0.3, 0.4) is 0 Å². The van der Waals surface area contributed by atoms with Gasteiger partial charge in [0.05, 0.1) is 4.75 Å². The quantitative estimate of drug-likeness (QED) is 0.742. The van der Waals surface area contributed by atoms with Gasteiger partial charge in [-0.2, -0.15) is 0 Å². The Balaban J connectivity index is -0.000000291. The molecule has 0 spiro atoms. The number of hydrogen-bond donors (Lipinski definition) is 1. The molecule has 5 nitrogen and oxygen atoms in total. The van der Waals surface area contributed by atoms with Gasteiger partial charge in [-0.25, -0.2) is 8.42 Å². The third-order valence-electron chi connectivity index (χ3n) is 3.16. The molecule has 0 bridgehead atoms. The van der Waals surface area contributed by atoms with Crippen molar-refractivity contribution in [2.45, 2.75) is 80.1 Å². The number of sulfone groups is 1. The van der Waals surface area contributed by atoms with Crippen molar-refractivity contribution in [3.8, 4) is 0 Å². The molecule has 0 aliphatic rings. The highest BCUT2D eigenvalue weighted by molar-refractivity contribution is 7.92. The van der Waals surface area contributed by atoms with Crippen LogP contribution in [0, 0.1) is 10.8 Å². The Morgan fingerprint density at radius 1 is 0.920 bits per heavy atom. The fraction of sp³-hybridized carbons (Fsp3) is 0.789. The summed E-state index contributed by atoms with van der Waals surface area (Å²) in [5.74, 6) is -0.0139. The zero-order valence-electron chi connectivity index (χ0n) is 17.9. The molecule has 1 unspecified atom stereocenters. The van der Waals surface area contributed by atoms with E-state index in [0.717, 1.165) is 0 Å². The van der Waals surface area contributed by atoms with E-state index in [0.29, 0.717) is 0 Å². The average molecular weight is 379 g/mol. The van der Waals surface area contributed by atoms with Crippen molar-refractivity contribution < 1.29 is 23.1 Å². The smallest absolute Gasteiger partial charge is 0.166 e. The predicted octanol–water partition coefficient (Wildman–Crippen LogP) is 3.60. The molecule has 0 aromatic heterocycles. The van der Waals surface area contributed by atoms with E-state index < -0.39 is 26.1 Å². The fourth-order valence-electron chi connectivity index (χ4n) is 0.933. The molecule has 0 rings (SSSR count). The van der Waals surface area contributed by atoms with E-state index in [4.69, 9.17) is 5.11 Å². The third kappa shape index (κ3) is 15.0. The van der Waals surface area contributed by atoms with Gasteiger partial charge in [0, 0.05) is 17.1 Å². The zero-order chi connectivity index (χ0) is 21.4. The van der Waals surface area contributed by atoms with Crippen LogP contribution in [0.1, 0.15) is 69.2 Å². The molecule has 0 fully saturated rings.